The number of ether oxygens (including phenoxy) is 2. The van der Waals surface area contributed by atoms with Crippen molar-refractivity contribution in [2.24, 2.45) is 0 Å². The van der Waals surface area contributed by atoms with Gasteiger partial charge in [0.25, 0.3) is 11.5 Å². The van der Waals surface area contributed by atoms with Gasteiger partial charge >= 0.3 is 0 Å². The van der Waals surface area contributed by atoms with Gasteiger partial charge in [0.15, 0.2) is 17.3 Å². The number of fused-ring (bicyclic) bond motifs is 1. The van der Waals surface area contributed by atoms with E-state index in [0.717, 1.165) is 6.07 Å². The van der Waals surface area contributed by atoms with E-state index >= 15 is 4.39 Å². The molecule has 0 spiro atoms. The van der Waals surface area contributed by atoms with Gasteiger partial charge in [-0.3, -0.25) is 14.2 Å². The van der Waals surface area contributed by atoms with Crippen molar-refractivity contribution in [3.63, 3.8) is 0 Å². The fourth-order valence-corrected chi connectivity index (χ4v) is 4.68. The van der Waals surface area contributed by atoms with E-state index in [0.29, 0.717) is 22.3 Å². The summed E-state index contributed by atoms with van der Waals surface area (Å²) in [5.41, 5.74) is 0.965. The molecule has 12 heteroatoms. The van der Waals surface area contributed by atoms with Crippen molar-refractivity contribution in [3.05, 3.63) is 131 Å². The second kappa shape index (κ2) is 11.8. The van der Waals surface area contributed by atoms with Crippen LogP contribution in [-0.2, 0) is 0 Å². The molecule has 0 saturated carbocycles. The zero-order chi connectivity index (χ0) is 30.8. The smallest absolute Gasteiger partial charge is 0.271 e. The Morgan fingerprint density at radius 1 is 0.886 bits per heavy atom. The van der Waals surface area contributed by atoms with Crippen LogP contribution in [0.4, 0.5) is 18.9 Å². The summed E-state index contributed by atoms with van der Waals surface area (Å²) in [6, 6.07) is 16.6. The Morgan fingerprint density at radius 2 is 1.70 bits per heavy atom. The van der Waals surface area contributed by atoms with Gasteiger partial charge in [0, 0.05) is 53.7 Å². The molecule has 9 nitrogen and oxygen atoms in total. The van der Waals surface area contributed by atoms with Crippen LogP contribution in [0.15, 0.2) is 102 Å². The normalized spacial score (nSPS) is 11.0. The van der Waals surface area contributed by atoms with Crippen molar-refractivity contribution < 1.29 is 27.4 Å². The molecule has 44 heavy (non-hydrogen) atoms. The lowest BCUT2D eigenvalue weighted by molar-refractivity contribution is 0.102. The molecule has 0 aliphatic rings. The van der Waals surface area contributed by atoms with Gasteiger partial charge < -0.3 is 14.8 Å². The molecule has 0 fully saturated rings. The topological polar surface area (TPSA) is 99.8 Å². The van der Waals surface area contributed by atoms with Crippen LogP contribution in [-0.4, -0.2) is 31.7 Å². The molecule has 0 atom stereocenters. The Morgan fingerprint density at radius 3 is 2.45 bits per heavy atom. The molecule has 1 amide bonds. The number of carbonyl (C=O) groups excluding carboxylic acids is 1. The van der Waals surface area contributed by atoms with Gasteiger partial charge in [-0.15, -0.1) is 0 Å². The highest BCUT2D eigenvalue weighted by molar-refractivity contribution is 6.06. The van der Waals surface area contributed by atoms with E-state index in [1.165, 1.54) is 76.2 Å². The molecule has 6 aromatic rings. The Kier molecular flexibility index (Phi) is 7.54. The summed E-state index contributed by atoms with van der Waals surface area (Å²) in [6.07, 6.45) is 5.89. The highest BCUT2D eigenvalue weighted by Gasteiger charge is 2.21. The third kappa shape index (κ3) is 5.48. The lowest BCUT2D eigenvalue weighted by Crippen LogP contribution is -2.29. The fraction of sp³-hybridized carbons (Fsp3) is 0.0625. The van der Waals surface area contributed by atoms with Crippen molar-refractivity contribution >= 4 is 17.1 Å². The monoisotopic (exact) mass is 597 g/mol. The van der Waals surface area contributed by atoms with E-state index in [1.54, 1.807) is 31.3 Å². The summed E-state index contributed by atoms with van der Waals surface area (Å²) in [7, 11) is 0. The first-order chi connectivity index (χ1) is 21.3. The maximum atomic E-state index is 15.3. The number of nitrogens with one attached hydrogen (secondary N) is 1. The Bertz CT molecular complexity index is 2080. The van der Waals surface area contributed by atoms with E-state index in [4.69, 9.17) is 9.47 Å². The van der Waals surface area contributed by atoms with Crippen LogP contribution in [0.25, 0.3) is 22.3 Å². The first-order valence-electron chi connectivity index (χ1n) is 13.3. The minimum atomic E-state index is -0.832. The predicted octanol–water partition coefficient (Wildman–Crippen LogP) is 6.41. The van der Waals surface area contributed by atoms with Crippen LogP contribution in [0.5, 0.6) is 17.2 Å². The third-order valence-corrected chi connectivity index (χ3v) is 6.65. The Labute approximate surface area is 247 Å². The molecule has 220 valence electrons. The average Bonchev–Trinajstić information content (AvgIpc) is 3.45. The number of carbonyl (C=O) groups is 1. The zero-order valence-corrected chi connectivity index (χ0v) is 23.0. The van der Waals surface area contributed by atoms with Gasteiger partial charge in [-0.05, 0) is 67.1 Å². The summed E-state index contributed by atoms with van der Waals surface area (Å²) in [6.45, 7) is 1.88. The molecule has 4 heterocycles. The Hall–Kier alpha value is -5.91. The maximum absolute atomic E-state index is 15.3. The standard InChI is InChI=1S/C32H22F3N5O4/c1-2-43-26-12-15-39(22-6-3-20(33)4-7-22)32(42)29(26)31(41)38-21-5-8-25(24(34)18-21)44-27-10-14-37-40-16-11-23(30(27)40)19-9-13-36-28(35)17-19/h3-18H,2H2,1H3,(H,38,41). The van der Waals surface area contributed by atoms with Crippen molar-refractivity contribution in [2.75, 3.05) is 11.9 Å². The van der Waals surface area contributed by atoms with E-state index < -0.39 is 29.0 Å². The second-order valence-electron chi connectivity index (χ2n) is 9.43. The quantitative estimate of drug-likeness (QED) is 0.204. The third-order valence-electron chi connectivity index (χ3n) is 6.65. The Balaban J connectivity index is 1.29. The molecule has 0 saturated heterocycles. The predicted molar refractivity (Wildman–Crippen MR) is 156 cm³/mol. The molecule has 0 aliphatic carbocycles. The van der Waals surface area contributed by atoms with Crippen LogP contribution in [0.1, 0.15) is 17.3 Å². The number of benzene rings is 2. The number of nitrogens with zero attached hydrogens (tertiary/aromatic N) is 4. The van der Waals surface area contributed by atoms with Gasteiger partial charge in [0.2, 0.25) is 5.95 Å². The summed E-state index contributed by atoms with van der Waals surface area (Å²) in [5, 5.41) is 6.77. The molecule has 2 aromatic carbocycles. The summed E-state index contributed by atoms with van der Waals surface area (Å²) < 4.78 is 56.7. The van der Waals surface area contributed by atoms with Crippen LogP contribution < -0.4 is 20.3 Å². The van der Waals surface area contributed by atoms with Crippen LogP contribution >= 0.6 is 0 Å². The average molecular weight is 598 g/mol. The number of anilines is 1. The van der Waals surface area contributed by atoms with E-state index in [9.17, 15) is 18.4 Å². The number of hydrogen-bond acceptors (Lipinski definition) is 6. The molecule has 0 radical (unpaired) electrons. The summed E-state index contributed by atoms with van der Waals surface area (Å²) in [4.78, 5) is 30.2. The van der Waals surface area contributed by atoms with E-state index in [-0.39, 0.29) is 35.1 Å². The maximum Gasteiger partial charge on any atom is 0.271 e. The fourth-order valence-electron chi connectivity index (χ4n) is 4.68. The highest BCUT2D eigenvalue weighted by Crippen LogP contribution is 2.35. The van der Waals surface area contributed by atoms with Crippen molar-refractivity contribution in [1.29, 1.82) is 0 Å². The molecule has 0 aliphatic heterocycles. The number of hydrogen-bond donors (Lipinski definition) is 1. The van der Waals surface area contributed by atoms with Crippen molar-refractivity contribution in [1.82, 2.24) is 19.2 Å². The summed E-state index contributed by atoms with van der Waals surface area (Å²) in [5.74, 6) is -2.64. The van der Waals surface area contributed by atoms with Gasteiger partial charge in [0.1, 0.15) is 22.6 Å². The number of halogens is 3. The summed E-state index contributed by atoms with van der Waals surface area (Å²) >= 11 is 0. The molecular weight excluding hydrogens is 575 g/mol. The van der Waals surface area contributed by atoms with Crippen LogP contribution in [0.2, 0.25) is 0 Å². The van der Waals surface area contributed by atoms with Crippen molar-refractivity contribution in [3.8, 4) is 34.1 Å². The minimum absolute atomic E-state index is 0.0348. The van der Waals surface area contributed by atoms with Gasteiger partial charge in [-0.2, -0.15) is 9.49 Å². The molecule has 6 rings (SSSR count). The molecule has 4 aromatic heterocycles. The molecular formula is C32H22F3N5O4. The zero-order valence-electron chi connectivity index (χ0n) is 23.0. The number of aromatic nitrogens is 4. The van der Waals surface area contributed by atoms with E-state index in [1.807, 2.05) is 0 Å². The molecule has 1 N–H and O–H groups in total. The second-order valence-corrected chi connectivity index (χ2v) is 9.43. The number of amides is 1. The van der Waals surface area contributed by atoms with E-state index in [2.05, 4.69) is 15.4 Å². The van der Waals surface area contributed by atoms with Gasteiger partial charge in [0.05, 0.1) is 12.8 Å². The SMILES string of the molecule is CCOc1ccn(-c2ccc(F)cc2)c(=O)c1C(=O)Nc1ccc(Oc2ccnn3ccc(-c4ccnc(F)c4)c23)c(F)c1. The van der Waals surface area contributed by atoms with Gasteiger partial charge in [-0.25, -0.2) is 18.3 Å². The number of pyridine rings is 2. The first kappa shape index (κ1) is 28.2. The largest absolute Gasteiger partial charge is 0.493 e. The van der Waals surface area contributed by atoms with Gasteiger partial charge in [-0.1, -0.05) is 0 Å². The molecule has 0 bridgehead atoms. The lowest BCUT2D eigenvalue weighted by atomic mass is 10.1. The first-order valence-corrected chi connectivity index (χ1v) is 13.3. The van der Waals surface area contributed by atoms with Crippen LogP contribution in [0, 0.1) is 17.6 Å². The van der Waals surface area contributed by atoms with Crippen LogP contribution in [0.3, 0.4) is 0 Å². The van der Waals surface area contributed by atoms with Crippen molar-refractivity contribution in [2.45, 2.75) is 6.92 Å². The lowest BCUT2D eigenvalue weighted by Gasteiger charge is -2.14. The minimum Gasteiger partial charge on any atom is -0.493 e. The number of rotatable bonds is 8. The highest BCUT2D eigenvalue weighted by atomic mass is 19.1. The molecule has 0 unspecified atom stereocenters.